The normalized spacial score (nSPS) is 18.0. The molecule has 2 aliphatic rings. The second-order valence-electron chi connectivity index (χ2n) is 10.7. The maximum Gasteiger partial charge on any atom is 0.310 e. The Morgan fingerprint density at radius 2 is 1.86 bits per heavy atom. The number of carbonyl (C=O) groups excluding carboxylic acids is 2. The van der Waals surface area contributed by atoms with Crippen molar-refractivity contribution >= 4 is 59.8 Å². The number of nitrogens with zero attached hydrogens (tertiary/aromatic N) is 3. The van der Waals surface area contributed by atoms with Gasteiger partial charge in [-0.05, 0) is 74.7 Å². The molecule has 12 heteroatoms. The van der Waals surface area contributed by atoms with Crippen LogP contribution in [0.5, 0.6) is 0 Å². The molecule has 0 radical (unpaired) electrons. The molecule has 9 nitrogen and oxygen atoms in total. The number of benzene rings is 2. The fourth-order valence-electron chi connectivity index (χ4n) is 5.74. The number of thiophene rings is 1. The lowest BCUT2D eigenvalue weighted by atomic mass is 10.0. The quantitative estimate of drug-likeness (QED) is 0.250. The van der Waals surface area contributed by atoms with Crippen LogP contribution in [0.1, 0.15) is 47.5 Å². The second kappa shape index (κ2) is 12.4. The summed E-state index contributed by atoms with van der Waals surface area (Å²) in [6.45, 7) is 7.35. The van der Waals surface area contributed by atoms with Gasteiger partial charge < -0.3 is 10.1 Å². The van der Waals surface area contributed by atoms with E-state index in [9.17, 15) is 18.0 Å². The number of thiazole rings is 1. The molecule has 0 saturated carbocycles. The van der Waals surface area contributed by atoms with Crippen LogP contribution in [0.4, 0.5) is 5.00 Å². The smallest absolute Gasteiger partial charge is 0.310 e. The van der Waals surface area contributed by atoms with Crippen LogP contribution in [0.2, 0.25) is 0 Å². The molecule has 43 heavy (non-hydrogen) atoms. The van der Waals surface area contributed by atoms with Crippen LogP contribution in [0.15, 0.2) is 53.4 Å². The first-order chi connectivity index (χ1) is 20.8. The van der Waals surface area contributed by atoms with Gasteiger partial charge >= 0.3 is 5.97 Å². The summed E-state index contributed by atoms with van der Waals surface area (Å²) >= 11 is 3.22. The molecule has 4 aromatic rings. The van der Waals surface area contributed by atoms with Gasteiger partial charge in [-0.1, -0.05) is 19.1 Å². The molecule has 226 valence electrons. The largest absolute Gasteiger partial charge is 0.466 e. The minimum Gasteiger partial charge on any atom is -0.466 e. The van der Waals surface area contributed by atoms with Crippen LogP contribution in [0.3, 0.4) is 0 Å². The van der Waals surface area contributed by atoms with E-state index in [1.54, 1.807) is 41.7 Å². The minimum atomic E-state index is -3.83. The number of sulfonamides is 1. The second-order valence-corrected chi connectivity index (χ2v) is 14.8. The van der Waals surface area contributed by atoms with Crippen molar-refractivity contribution in [3.05, 3.63) is 64.5 Å². The number of carbonyl (C=O) groups is 2. The molecule has 0 bridgehead atoms. The van der Waals surface area contributed by atoms with Crippen molar-refractivity contribution in [2.24, 2.45) is 5.92 Å². The molecule has 4 heterocycles. The Bertz CT molecular complexity index is 1730. The molecular weight excluding hydrogens is 605 g/mol. The van der Waals surface area contributed by atoms with Crippen molar-refractivity contribution in [1.29, 1.82) is 0 Å². The first-order valence-electron chi connectivity index (χ1n) is 14.6. The number of piperidine rings is 1. The van der Waals surface area contributed by atoms with Crippen molar-refractivity contribution in [1.82, 2.24) is 14.2 Å². The van der Waals surface area contributed by atoms with Gasteiger partial charge in [0.15, 0.2) is 0 Å². The molecule has 1 saturated heterocycles. The number of nitrogens with one attached hydrogen (secondary N) is 1. The summed E-state index contributed by atoms with van der Waals surface area (Å²) in [5.74, 6) is -1.14. The summed E-state index contributed by atoms with van der Waals surface area (Å²) in [4.78, 5) is 34.4. The summed E-state index contributed by atoms with van der Waals surface area (Å²) in [5, 5.41) is 4.79. The van der Waals surface area contributed by atoms with E-state index in [-0.39, 0.29) is 29.9 Å². The highest BCUT2D eigenvalue weighted by Gasteiger charge is 2.34. The molecule has 1 unspecified atom stereocenters. The fraction of sp³-hybridized carbons (Fsp3) is 0.387. The topological polar surface area (TPSA) is 109 Å². The first kappa shape index (κ1) is 29.9. The number of aromatic nitrogens is 1. The van der Waals surface area contributed by atoms with E-state index >= 15 is 0 Å². The van der Waals surface area contributed by atoms with E-state index in [0.717, 1.165) is 51.8 Å². The Hall–Kier alpha value is -3.16. The van der Waals surface area contributed by atoms with Gasteiger partial charge in [-0.15, -0.1) is 22.7 Å². The SMILES string of the molecule is CCOC(=O)C1CCCN(S(=O)(=O)c2ccc(C(=O)Nc3sc4c(c3-c3nc5ccccc5s3)CCN(CC)C4)cc2)C1. The third-order valence-corrected chi connectivity index (χ3v) is 12.1. The minimum absolute atomic E-state index is 0.0926. The van der Waals surface area contributed by atoms with Crippen molar-refractivity contribution in [2.75, 3.05) is 38.1 Å². The lowest BCUT2D eigenvalue weighted by Gasteiger charge is -2.30. The monoisotopic (exact) mass is 638 g/mol. The number of anilines is 1. The number of likely N-dealkylation sites (N-methyl/N-ethyl adjacent to an activating group) is 1. The molecule has 1 atom stereocenters. The third-order valence-electron chi connectivity index (χ3n) is 8.08. The Balaban J connectivity index is 1.24. The number of amides is 1. The highest BCUT2D eigenvalue weighted by Crippen LogP contribution is 2.45. The Labute approximate surface area is 259 Å². The number of hydrogen-bond acceptors (Lipinski definition) is 9. The Kier molecular flexibility index (Phi) is 8.65. The zero-order valence-electron chi connectivity index (χ0n) is 24.2. The molecule has 2 aromatic carbocycles. The van der Waals surface area contributed by atoms with E-state index in [1.165, 1.54) is 26.9 Å². The number of para-hydroxylation sites is 1. The molecule has 2 aliphatic heterocycles. The number of esters is 1. The number of rotatable bonds is 8. The summed E-state index contributed by atoms with van der Waals surface area (Å²) < 4.78 is 34.3. The first-order valence-corrected chi connectivity index (χ1v) is 17.7. The van der Waals surface area contributed by atoms with E-state index < -0.39 is 15.9 Å². The van der Waals surface area contributed by atoms with Crippen LogP contribution >= 0.6 is 22.7 Å². The standard InChI is InChI=1S/C31H34N4O5S3/c1-3-34-17-15-23-26(19-34)42-30(27(23)29-32-24-9-5-6-10-25(24)41-29)33-28(36)20-11-13-22(14-12-20)43(38,39)35-16-7-8-21(18-35)31(37)40-4-2/h5-6,9-14,21H,3-4,7-8,15-19H2,1-2H3,(H,33,36). The summed E-state index contributed by atoms with van der Waals surface area (Å²) in [6, 6.07) is 14.0. The zero-order valence-corrected chi connectivity index (χ0v) is 26.6. The average molecular weight is 639 g/mol. The van der Waals surface area contributed by atoms with E-state index in [2.05, 4.69) is 23.2 Å². The van der Waals surface area contributed by atoms with Crippen LogP contribution in [0, 0.1) is 5.92 Å². The number of ether oxygens (including phenoxy) is 1. The highest BCUT2D eigenvalue weighted by molar-refractivity contribution is 7.89. The highest BCUT2D eigenvalue weighted by atomic mass is 32.2. The molecule has 0 aliphatic carbocycles. The molecule has 6 rings (SSSR count). The summed E-state index contributed by atoms with van der Waals surface area (Å²) in [5.41, 5.74) is 3.53. The number of hydrogen-bond donors (Lipinski definition) is 1. The Morgan fingerprint density at radius 3 is 2.60 bits per heavy atom. The van der Waals surface area contributed by atoms with Crippen molar-refractivity contribution < 1.29 is 22.7 Å². The molecule has 1 fully saturated rings. The van der Waals surface area contributed by atoms with Gasteiger partial charge in [0.2, 0.25) is 10.0 Å². The van der Waals surface area contributed by atoms with Gasteiger partial charge in [-0.2, -0.15) is 4.31 Å². The van der Waals surface area contributed by atoms with Crippen molar-refractivity contribution in [3.8, 4) is 10.6 Å². The predicted octanol–water partition coefficient (Wildman–Crippen LogP) is 5.62. The maximum atomic E-state index is 13.5. The molecular formula is C31H34N4O5S3. The van der Waals surface area contributed by atoms with Gasteiger partial charge in [0.1, 0.15) is 10.0 Å². The van der Waals surface area contributed by atoms with Gasteiger partial charge in [0, 0.05) is 42.2 Å². The molecule has 2 aromatic heterocycles. The van der Waals surface area contributed by atoms with Crippen LogP contribution in [0.25, 0.3) is 20.8 Å². The van der Waals surface area contributed by atoms with Gasteiger partial charge in [0.05, 0.1) is 27.6 Å². The van der Waals surface area contributed by atoms with Crippen LogP contribution in [-0.2, 0) is 32.5 Å². The van der Waals surface area contributed by atoms with Crippen LogP contribution < -0.4 is 5.32 Å². The molecule has 1 amide bonds. The summed E-state index contributed by atoms with van der Waals surface area (Å²) in [6.07, 6.45) is 2.08. The maximum absolute atomic E-state index is 13.5. The van der Waals surface area contributed by atoms with Crippen molar-refractivity contribution in [2.45, 2.75) is 44.6 Å². The molecule has 0 spiro atoms. The number of fused-ring (bicyclic) bond motifs is 2. The lowest BCUT2D eigenvalue weighted by Crippen LogP contribution is -2.42. The van der Waals surface area contributed by atoms with Crippen molar-refractivity contribution in [3.63, 3.8) is 0 Å². The van der Waals surface area contributed by atoms with Crippen LogP contribution in [-0.4, -0.2) is 67.3 Å². The zero-order chi connectivity index (χ0) is 30.1. The Morgan fingerprint density at radius 1 is 1.07 bits per heavy atom. The summed E-state index contributed by atoms with van der Waals surface area (Å²) in [7, 11) is -3.83. The predicted molar refractivity (Wildman–Crippen MR) is 170 cm³/mol. The van der Waals surface area contributed by atoms with Gasteiger partial charge in [0.25, 0.3) is 5.91 Å². The molecule has 1 N–H and O–H groups in total. The lowest BCUT2D eigenvalue weighted by molar-refractivity contribution is -0.149. The average Bonchev–Trinajstić information content (AvgIpc) is 3.61. The fourth-order valence-corrected chi connectivity index (χ4v) is 9.66. The third kappa shape index (κ3) is 5.99. The van der Waals surface area contributed by atoms with E-state index in [1.807, 2.05) is 18.2 Å². The van der Waals surface area contributed by atoms with E-state index in [4.69, 9.17) is 9.72 Å². The van der Waals surface area contributed by atoms with Gasteiger partial charge in [-0.3, -0.25) is 14.5 Å². The van der Waals surface area contributed by atoms with Gasteiger partial charge in [-0.25, -0.2) is 13.4 Å². The van der Waals surface area contributed by atoms with E-state index in [0.29, 0.717) is 24.9 Å².